The fraction of sp³-hybridized carbons (Fsp3) is 0.938. The minimum absolute atomic E-state index is 0.107. The summed E-state index contributed by atoms with van der Waals surface area (Å²) >= 11 is 0. The predicted molar refractivity (Wildman–Crippen MR) is 83.3 cm³/mol. The van der Waals surface area contributed by atoms with Gasteiger partial charge in [-0.25, -0.2) is 0 Å². The van der Waals surface area contributed by atoms with Crippen molar-refractivity contribution in [2.24, 2.45) is 5.41 Å². The van der Waals surface area contributed by atoms with E-state index in [1.54, 1.807) is 0 Å². The Hall–Kier alpha value is -0.570. The third-order valence-corrected chi connectivity index (χ3v) is 4.49. The highest BCUT2D eigenvalue weighted by atomic mass is 16.2. The average Bonchev–Trinajstić information content (AvgIpc) is 2.27. The zero-order valence-electron chi connectivity index (χ0n) is 14.5. The summed E-state index contributed by atoms with van der Waals surface area (Å²) in [7, 11) is 4.23. The van der Waals surface area contributed by atoms with Crippen molar-refractivity contribution in [1.82, 2.24) is 10.2 Å². The fourth-order valence-electron chi connectivity index (χ4n) is 2.16. The van der Waals surface area contributed by atoms with Gasteiger partial charge in [-0.2, -0.15) is 0 Å². The molecule has 0 radical (unpaired) electrons. The van der Waals surface area contributed by atoms with Crippen molar-refractivity contribution in [1.29, 1.82) is 0 Å². The molecule has 3 nitrogen and oxygen atoms in total. The highest BCUT2D eigenvalue weighted by Crippen LogP contribution is 2.30. The van der Waals surface area contributed by atoms with Crippen LogP contribution >= 0.6 is 0 Å². The molecule has 0 aromatic rings. The molecule has 2 unspecified atom stereocenters. The number of amides is 1. The second-order valence-corrected chi connectivity index (χ2v) is 7.54. The Kier molecular flexibility index (Phi) is 6.07. The van der Waals surface area contributed by atoms with Gasteiger partial charge in [0.15, 0.2) is 0 Å². The van der Waals surface area contributed by atoms with Crippen LogP contribution in [0.1, 0.15) is 67.7 Å². The average molecular weight is 270 g/mol. The van der Waals surface area contributed by atoms with Crippen LogP contribution in [0, 0.1) is 5.41 Å². The largest absolute Gasteiger partial charge is 0.350 e. The minimum atomic E-state index is -0.336. The second kappa shape index (κ2) is 6.25. The lowest BCUT2D eigenvalue weighted by atomic mass is 9.79. The Bertz CT molecular complexity index is 306. The molecular weight excluding hydrogens is 236 g/mol. The Balaban J connectivity index is 5.03. The van der Waals surface area contributed by atoms with E-state index in [9.17, 15) is 4.79 Å². The summed E-state index contributed by atoms with van der Waals surface area (Å²) in [6.45, 7) is 14.7. The van der Waals surface area contributed by atoms with Gasteiger partial charge in [0.1, 0.15) is 0 Å². The Morgan fingerprint density at radius 1 is 1.00 bits per heavy atom. The van der Waals surface area contributed by atoms with Crippen molar-refractivity contribution in [3.05, 3.63) is 0 Å². The maximum atomic E-state index is 12.3. The van der Waals surface area contributed by atoms with Crippen LogP contribution in [0.25, 0.3) is 0 Å². The van der Waals surface area contributed by atoms with E-state index in [1.165, 1.54) is 0 Å². The summed E-state index contributed by atoms with van der Waals surface area (Å²) in [5.41, 5.74) is -0.382. The first kappa shape index (κ1) is 18.4. The van der Waals surface area contributed by atoms with Crippen molar-refractivity contribution >= 4 is 5.91 Å². The maximum absolute atomic E-state index is 12.3. The van der Waals surface area contributed by atoms with Gasteiger partial charge in [-0.05, 0) is 47.2 Å². The normalized spacial score (nSPS) is 18.8. The van der Waals surface area contributed by atoms with E-state index < -0.39 is 0 Å². The summed E-state index contributed by atoms with van der Waals surface area (Å²) in [6, 6.07) is 0. The van der Waals surface area contributed by atoms with Crippen LogP contribution in [0.4, 0.5) is 0 Å². The summed E-state index contributed by atoms with van der Waals surface area (Å²) in [5, 5.41) is 3.26. The highest BCUT2D eigenvalue weighted by Gasteiger charge is 2.37. The topological polar surface area (TPSA) is 32.3 Å². The number of nitrogens with zero attached hydrogens (tertiary/aromatic N) is 1. The van der Waals surface area contributed by atoms with Crippen LogP contribution in [0.5, 0.6) is 0 Å². The lowest BCUT2D eigenvalue weighted by Gasteiger charge is -2.44. The first-order chi connectivity index (χ1) is 8.40. The van der Waals surface area contributed by atoms with Crippen LogP contribution in [-0.4, -0.2) is 36.0 Å². The SMILES string of the molecule is CCC(C)(CC(C)(CC)N(C)C)NC(=O)C(C)(C)C. The highest BCUT2D eigenvalue weighted by molar-refractivity contribution is 5.82. The van der Waals surface area contributed by atoms with E-state index >= 15 is 0 Å². The van der Waals surface area contributed by atoms with Crippen LogP contribution in [0.15, 0.2) is 0 Å². The molecule has 0 heterocycles. The summed E-state index contributed by atoms with van der Waals surface area (Å²) in [4.78, 5) is 14.5. The number of hydrogen-bond donors (Lipinski definition) is 1. The lowest BCUT2D eigenvalue weighted by Crippen LogP contribution is -2.56. The van der Waals surface area contributed by atoms with Crippen LogP contribution in [0.3, 0.4) is 0 Å². The van der Waals surface area contributed by atoms with Crippen LogP contribution < -0.4 is 5.32 Å². The summed E-state index contributed by atoms with van der Waals surface area (Å²) in [5.74, 6) is 0.133. The molecule has 0 aliphatic heterocycles. The Labute approximate surface area is 120 Å². The third kappa shape index (κ3) is 5.13. The molecule has 0 rings (SSSR count). The smallest absolute Gasteiger partial charge is 0.225 e. The van der Waals surface area contributed by atoms with Gasteiger partial charge in [-0.15, -0.1) is 0 Å². The molecule has 0 saturated heterocycles. The van der Waals surface area contributed by atoms with Gasteiger partial charge in [-0.3, -0.25) is 4.79 Å². The van der Waals surface area contributed by atoms with Crippen molar-refractivity contribution in [3.63, 3.8) is 0 Å². The first-order valence-corrected chi connectivity index (χ1v) is 7.40. The van der Waals surface area contributed by atoms with Crippen LogP contribution in [-0.2, 0) is 4.79 Å². The molecule has 0 spiro atoms. The van der Waals surface area contributed by atoms with Gasteiger partial charge >= 0.3 is 0 Å². The van der Waals surface area contributed by atoms with E-state index in [2.05, 4.69) is 52.0 Å². The number of hydrogen-bond acceptors (Lipinski definition) is 2. The van der Waals surface area contributed by atoms with Gasteiger partial charge in [0.2, 0.25) is 5.91 Å². The number of nitrogens with one attached hydrogen (secondary N) is 1. The number of carbonyl (C=O) groups is 1. The number of rotatable bonds is 6. The van der Waals surface area contributed by atoms with E-state index in [0.717, 1.165) is 19.3 Å². The van der Waals surface area contributed by atoms with Gasteiger partial charge < -0.3 is 10.2 Å². The van der Waals surface area contributed by atoms with Gasteiger partial charge in [0.05, 0.1) is 0 Å². The van der Waals surface area contributed by atoms with Gasteiger partial charge in [0, 0.05) is 16.5 Å². The second-order valence-electron chi connectivity index (χ2n) is 7.54. The molecule has 0 saturated carbocycles. The van der Waals surface area contributed by atoms with E-state index in [0.29, 0.717) is 0 Å². The van der Waals surface area contributed by atoms with Crippen molar-refractivity contribution < 1.29 is 4.79 Å². The van der Waals surface area contributed by atoms with E-state index in [-0.39, 0.29) is 22.4 Å². The third-order valence-electron chi connectivity index (χ3n) is 4.49. The van der Waals surface area contributed by atoms with Gasteiger partial charge in [0.25, 0.3) is 0 Å². The van der Waals surface area contributed by atoms with Crippen molar-refractivity contribution in [2.45, 2.75) is 78.8 Å². The molecule has 2 atom stereocenters. The minimum Gasteiger partial charge on any atom is -0.350 e. The molecule has 0 bridgehead atoms. The Morgan fingerprint density at radius 3 is 1.74 bits per heavy atom. The molecular formula is C16H34N2O. The molecule has 114 valence electrons. The molecule has 1 N–H and O–H groups in total. The van der Waals surface area contributed by atoms with Gasteiger partial charge in [-0.1, -0.05) is 34.6 Å². The molecule has 0 aliphatic carbocycles. The zero-order chi connectivity index (χ0) is 15.5. The summed E-state index contributed by atoms with van der Waals surface area (Å²) in [6.07, 6.45) is 2.97. The fourth-order valence-corrected chi connectivity index (χ4v) is 2.16. The maximum Gasteiger partial charge on any atom is 0.225 e. The van der Waals surface area contributed by atoms with E-state index in [4.69, 9.17) is 0 Å². The molecule has 0 aromatic carbocycles. The quantitative estimate of drug-likeness (QED) is 0.802. The molecule has 0 fully saturated rings. The van der Waals surface area contributed by atoms with Crippen LogP contribution in [0.2, 0.25) is 0 Å². The molecule has 0 aliphatic rings. The zero-order valence-corrected chi connectivity index (χ0v) is 14.5. The lowest BCUT2D eigenvalue weighted by molar-refractivity contribution is -0.130. The molecule has 1 amide bonds. The van der Waals surface area contributed by atoms with Crippen molar-refractivity contribution in [3.8, 4) is 0 Å². The summed E-state index contributed by atoms with van der Waals surface area (Å²) < 4.78 is 0. The number of carbonyl (C=O) groups excluding carboxylic acids is 1. The molecule has 3 heteroatoms. The Morgan fingerprint density at radius 2 is 1.47 bits per heavy atom. The standard InChI is InChI=1S/C16H34N2O/c1-10-15(6,17-13(19)14(3,4)5)12-16(7,11-2)18(8)9/h10-12H2,1-9H3,(H,17,19). The first-order valence-electron chi connectivity index (χ1n) is 7.40. The monoisotopic (exact) mass is 270 g/mol. The van der Waals surface area contributed by atoms with Crippen molar-refractivity contribution in [2.75, 3.05) is 14.1 Å². The molecule has 19 heavy (non-hydrogen) atoms. The molecule has 0 aromatic heterocycles. The van der Waals surface area contributed by atoms with E-state index in [1.807, 2.05) is 20.8 Å². The predicted octanol–water partition coefficient (Wildman–Crippen LogP) is 3.44.